The van der Waals surface area contributed by atoms with Gasteiger partial charge < -0.3 is 26.8 Å². The molecule has 3 rings (SSSR count). The largest absolute Gasteiger partial charge is 0.388 e. The van der Waals surface area contributed by atoms with E-state index in [0.717, 1.165) is 36.2 Å². The second-order valence-corrected chi connectivity index (χ2v) is 9.29. The average Bonchev–Trinajstić information content (AvgIpc) is 2.72. The third-order valence-electron chi connectivity index (χ3n) is 5.64. The van der Waals surface area contributed by atoms with E-state index in [4.69, 9.17) is 11.5 Å². The number of carbonyl (C=O) groups is 1. The van der Waals surface area contributed by atoms with Crippen LogP contribution in [0.25, 0.3) is 0 Å². The number of aromatic nitrogens is 2. The van der Waals surface area contributed by atoms with Crippen molar-refractivity contribution in [1.29, 1.82) is 0 Å². The molecule has 1 aliphatic heterocycles. The third-order valence-corrected chi connectivity index (χ3v) is 5.64. The second-order valence-electron chi connectivity index (χ2n) is 9.29. The van der Waals surface area contributed by atoms with E-state index in [-0.39, 0.29) is 17.0 Å². The molecule has 0 aliphatic carbocycles. The number of nitrogens with one attached hydrogen (secondary N) is 1. The van der Waals surface area contributed by atoms with E-state index in [9.17, 15) is 9.90 Å². The number of hydrogen-bond donors (Lipinski definition) is 4. The Morgan fingerprint density at radius 2 is 2.10 bits per heavy atom. The molecule has 1 fully saturated rings. The SMILES string of the molecule is CCC(O)c1cc(Nc2nc(N3CCCC(N)C3)ncc2C(N)=O)cc(C(C)(C)C)c1. The highest BCUT2D eigenvalue weighted by atomic mass is 16.3. The van der Waals surface area contributed by atoms with E-state index in [1.54, 1.807) is 0 Å². The van der Waals surface area contributed by atoms with E-state index in [1.807, 2.05) is 30.0 Å². The van der Waals surface area contributed by atoms with E-state index in [1.165, 1.54) is 6.20 Å². The quantitative estimate of drug-likeness (QED) is 0.558. The number of rotatable bonds is 6. The molecule has 6 N–H and O–H groups in total. The summed E-state index contributed by atoms with van der Waals surface area (Å²) >= 11 is 0. The van der Waals surface area contributed by atoms with Crippen molar-refractivity contribution in [1.82, 2.24) is 9.97 Å². The van der Waals surface area contributed by atoms with Crippen LogP contribution >= 0.6 is 0 Å². The minimum Gasteiger partial charge on any atom is -0.388 e. The highest BCUT2D eigenvalue weighted by Gasteiger charge is 2.22. The number of hydrogen-bond acceptors (Lipinski definition) is 7. The molecule has 168 valence electrons. The molecule has 0 spiro atoms. The second kappa shape index (κ2) is 9.20. The maximum absolute atomic E-state index is 12.0. The highest BCUT2D eigenvalue weighted by molar-refractivity contribution is 5.98. The van der Waals surface area contributed by atoms with Crippen molar-refractivity contribution in [3.8, 4) is 0 Å². The number of primary amides is 1. The van der Waals surface area contributed by atoms with Crippen LogP contribution in [0, 0.1) is 0 Å². The van der Waals surface area contributed by atoms with Crippen molar-refractivity contribution in [2.24, 2.45) is 11.5 Å². The lowest BCUT2D eigenvalue weighted by atomic mass is 9.85. The number of amides is 1. The van der Waals surface area contributed by atoms with Crippen LogP contribution in [0.15, 0.2) is 24.4 Å². The first-order valence-electron chi connectivity index (χ1n) is 10.9. The zero-order valence-electron chi connectivity index (χ0n) is 18.9. The molecule has 2 atom stereocenters. The molecule has 1 amide bonds. The van der Waals surface area contributed by atoms with Gasteiger partial charge in [0.15, 0.2) is 0 Å². The monoisotopic (exact) mass is 426 g/mol. The molecule has 0 radical (unpaired) electrons. The zero-order valence-corrected chi connectivity index (χ0v) is 18.9. The lowest BCUT2D eigenvalue weighted by Gasteiger charge is -2.31. The van der Waals surface area contributed by atoms with Gasteiger partial charge in [0, 0.05) is 31.0 Å². The van der Waals surface area contributed by atoms with Crippen molar-refractivity contribution in [3.05, 3.63) is 41.1 Å². The Balaban J connectivity index is 2.02. The minimum absolute atomic E-state index is 0.0751. The summed E-state index contributed by atoms with van der Waals surface area (Å²) in [6.07, 6.45) is 3.43. The van der Waals surface area contributed by atoms with Crippen LogP contribution in [0.2, 0.25) is 0 Å². The summed E-state index contributed by atoms with van der Waals surface area (Å²) in [6, 6.07) is 5.99. The lowest BCUT2D eigenvalue weighted by molar-refractivity contribution is 0.100. The highest BCUT2D eigenvalue weighted by Crippen LogP contribution is 2.32. The fourth-order valence-corrected chi connectivity index (χ4v) is 3.71. The fraction of sp³-hybridized carbons (Fsp3) is 0.522. The van der Waals surface area contributed by atoms with Crippen molar-refractivity contribution in [2.75, 3.05) is 23.3 Å². The maximum atomic E-state index is 12.0. The van der Waals surface area contributed by atoms with E-state index in [2.05, 4.69) is 36.1 Å². The van der Waals surface area contributed by atoms with Gasteiger partial charge in [-0.3, -0.25) is 4.79 Å². The molecule has 0 bridgehead atoms. The Labute approximate surface area is 184 Å². The normalized spacial score (nSPS) is 18.0. The third kappa shape index (κ3) is 5.51. The summed E-state index contributed by atoms with van der Waals surface area (Å²) in [5.74, 6) is 0.258. The predicted molar refractivity (Wildman–Crippen MR) is 124 cm³/mol. The number of benzene rings is 1. The minimum atomic E-state index is -0.606. The fourth-order valence-electron chi connectivity index (χ4n) is 3.71. The van der Waals surface area contributed by atoms with Gasteiger partial charge in [-0.2, -0.15) is 4.98 Å². The van der Waals surface area contributed by atoms with Crippen LogP contribution in [-0.4, -0.2) is 40.1 Å². The molecule has 8 nitrogen and oxygen atoms in total. The Kier molecular flexibility index (Phi) is 6.81. The van der Waals surface area contributed by atoms with Gasteiger partial charge in [0.1, 0.15) is 11.4 Å². The van der Waals surface area contributed by atoms with Crippen LogP contribution in [0.3, 0.4) is 0 Å². The Morgan fingerprint density at radius 3 is 2.71 bits per heavy atom. The molecular weight excluding hydrogens is 392 g/mol. The number of piperidine rings is 1. The predicted octanol–water partition coefficient (Wildman–Crippen LogP) is 2.99. The summed E-state index contributed by atoms with van der Waals surface area (Å²) in [5.41, 5.74) is 14.4. The summed E-state index contributed by atoms with van der Waals surface area (Å²) in [6.45, 7) is 9.77. The molecule has 2 heterocycles. The molecule has 1 aromatic carbocycles. The van der Waals surface area contributed by atoms with Crippen LogP contribution in [-0.2, 0) is 5.41 Å². The lowest BCUT2D eigenvalue weighted by Crippen LogP contribution is -2.43. The standard InChI is InChI=1S/C23H34N6O2/c1-5-19(30)14-9-15(23(2,3)4)11-17(10-14)27-21-18(20(25)31)12-26-22(28-21)29-8-6-7-16(24)13-29/h9-12,16,19,30H,5-8,13,24H2,1-4H3,(H2,25,31)(H,26,27,28). The van der Waals surface area contributed by atoms with Crippen LogP contribution in [0.4, 0.5) is 17.5 Å². The number of aliphatic hydroxyl groups is 1. The van der Waals surface area contributed by atoms with Crippen molar-refractivity contribution < 1.29 is 9.90 Å². The molecular formula is C23H34N6O2. The number of nitrogens with two attached hydrogens (primary N) is 2. The Morgan fingerprint density at radius 1 is 1.35 bits per heavy atom. The molecule has 1 saturated heterocycles. The van der Waals surface area contributed by atoms with Gasteiger partial charge in [-0.05, 0) is 47.9 Å². The molecule has 31 heavy (non-hydrogen) atoms. The molecule has 8 heteroatoms. The van der Waals surface area contributed by atoms with Gasteiger partial charge >= 0.3 is 0 Å². The van der Waals surface area contributed by atoms with Gasteiger partial charge in [0.2, 0.25) is 5.95 Å². The molecule has 2 unspecified atom stereocenters. The Bertz CT molecular complexity index is 940. The first kappa shape index (κ1) is 23.0. The summed E-state index contributed by atoms with van der Waals surface area (Å²) in [5, 5.41) is 13.7. The van der Waals surface area contributed by atoms with Crippen LogP contribution in [0.1, 0.15) is 74.5 Å². The number of nitrogens with zero attached hydrogens (tertiary/aromatic N) is 3. The van der Waals surface area contributed by atoms with Gasteiger partial charge in [0.05, 0.1) is 6.10 Å². The van der Waals surface area contributed by atoms with Crippen LogP contribution in [0.5, 0.6) is 0 Å². The van der Waals surface area contributed by atoms with Gasteiger partial charge in [0.25, 0.3) is 5.91 Å². The topological polar surface area (TPSA) is 130 Å². The number of aliphatic hydroxyl groups excluding tert-OH is 1. The van der Waals surface area contributed by atoms with Gasteiger partial charge in [-0.25, -0.2) is 4.98 Å². The first-order valence-corrected chi connectivity index (χ1v) is 10.9. The van der Waals surface area contributed by atoms with E-state index >= 15 is 0 Å². The smallest absolute Gasteiger partial charge is 0.254 e. The molecule has 2 aromatic rings. The van der Waals surface area contributed by atoms with Crippen molar-refractivity contribution >= 4 is 23.4 Å². The Hall–Kier alpha value is -2.71. The number of carbonyl (C=O) groups excluding carboxylic acids is 1. The van der Waals surface area contributed by atoms with Crippen molar-refractivity contribution in [2.45, 2.75) is 64.5 Å². The molecule has 1 aromatic heterocycles. The molecule has 0 saturated carbocycles. The van der Waals surface area contributed by atoms with Crippen LogP contribution < -0.4 is 21.7 Å². The average molecular weight is 427 g/mol. The summed E-state index contributed by atoms with van der Waals surface area (Å²) in [4.78, 5) is 23.0. The maximum Gasteiger partial charge on any atom is 0.254 e. The number of anilines is 3. The first-order chi connectivity index (χ1) is 14.6. The van der Waals surface area contributed by atoms with Gasteiger partial charge in [-0.15, -0.1) is 0 Å². The zero-order chi connectivity index (χ0) is 22.8. The molecule has 1 aliphatic rings. The van der Waals surface area contributed by atoms with E-state index < -0.39 is 12.0 Å². The van der Waals surface area contributed by atoms with Crippen molar-refractivity contribution in [3.63, 3.8) is 0 Å². The summed E-state index contributed by atoms with van der Waals surface area (Å²) in [7, 11) is 0. The summed E-state index contributed by atoms with van der Waals surface area (Å²) < 4.78 is 0. The van der Waals surface area contributed by atoms with E-state index in [0.29, 0.717) is 24.7 Å². The van der Waals surface area contributed by atoms with Gasteiger partial charge in [-0.1, -0.05) is 33.8 Å².